The number of hydrogen-bond donors (Lipinski definition) is 3. The third kappa shape index (κ3) is 4.75. The number of urea groups is 1. The number of para-hydroxylation sites is 1. The number of carbonyl (C=O) groups excluding carboxylic acids is 3. The van der Waals surface area contributed by atoms with Crippen LogP contribution < -0.4 is 26.0 Å². The van der Waals surface area contributed by atoms with Gasteiger partial charge in [0.15, 0.2) is 0 Å². The first-order valence-electron chi connectivity index (χ1n) is 13.2. The number of nitrogens with one attached hydrogen (secondary N) is 2. The Morgan fingerprint density at radius 3 is 2.77 bits per heavy atom. The third-order valence-corrected chi connectivity index (χ3v) is 8.81. The number of amides is 4. The Morgan fingerprint density at radius 1 is 1.18 bits per heavy atom. The van der Waals surface area contributed by atoms with Crippen molar-refractivity contribution >= 4 is 41.0 Å². The Balaban J connectivity index is 1.26. The molecule has 0 aliphatic carbocycles. The van der Waals surface area contributed by atoms with Gasteiger partial charge in [0.2, 0.25) is 5.91 Å². The molecule has 1 saturated heterocycles. The second kappa shape index (κ2) is 10.5. The maximum Gasteiger partial charge on any atom is 0.327 e. The molecule has 206 valence electrons. The molecule has 0 spiro atoms. The van der Waals surface area contributed by atoms with Crippen LogP contribution in [0.1, 0.15) is 40.4 Å². The van der Waals surface area contributed by atoms with E-state index in [1.54, 1.807) is 53.6 Å². The molecule has 6 rings (SSSR count). The zero-order valence-electron chi connectivity index (χ0n) is 22.2. The van der Waals surface area contributed by atoms with Gasteiger partial charge in [-0.25, -0.2) is 9.78 Å². The minimum absolute atomic E-state index is 0.0816. The smallest absolute Gasteiger partial charge is 0.327 e. The normalized spacial score (nSPS) is 21.9. The molecule has 0 saturated carbocycles. The molecule has 3 atom stereocenters. The highest BCUT2D eigenvalue weighted by Crippen LogP contribution is 2.51. The van der Waals surface area contributed by atoms with Crippen LogP contribution in [-0.2, 0) is 4.79 Å². The number of ether oxygens (including phenoxy) is 1. The van der Waals surface area contributed by atoms with E-state index < -0.39 is 17.2 Å². The van der Waals surface area contributed by atoms with Crippen LogP contribution in [0.5, 0.6) is 11.5 Å². The van der Waals surface area contributed by atoms with Gasteiger partial charge in [-0.1, -0.05) is 23.9 Å². The largest absolute Gasteiger partial charge is 0.457 e. The number of anilines is 2. The Morgan fingerprint density at radius 2 is 2.00 bits per heavy atom. The molecule has 11 heteroatoms. The number of nitrogens with two attached hydrogens (primary N) is 1. The molecule has 2 aromatic carbocycles. The lowest BCUT2D eigenvalue weighted by Crippen LogP contribution is -2.52. The molecule has 0 bridgehead atoms. The summed E-state index contributed by atoms with van der Waals surface area (Å²) in [5.74, 6) is 0.201. The number of carbonyl (C=O) groups is 3. The second-order valence-electron chi connectivity index (χ2n) is 10.4. The van der Waals surface area contributed by atoms with E-state index in [0.717, 1.165) is 42.1 Å². The van der Waals surface area contributed by atoms with Gasteiger partial charge in [-0.3, -0.25) is 14.5 Å². The predicted molar refractivity (Wildman–Crippen MR) is 152 cm³/mol. The summed E-state index contributed by atoms with van der Waals surface area (Å²) in [5.41, 5.74) is 8.78. The van der Waals surface area contributed by atoms with E-state index in [1.165, 1.54) is 11.8 Å². The molecule has 1 fully saturated rings. The fourth-order valence-corrected chi connectivity index (χ4v) is 6.90. The number of aryl methyl sites for hydroxylation is 1. The summed E-state index contributed by atoms with van der Waals surface area (Å²) in [7, 11) is 2.06. The highest BCUT2D eigenvalue weighted by atomic mass is 32.2. The summed E-state index contributed by atoms with van der Waals surface area (Å²) in [6.45, 7) is 3.73. The van der Waals surface area contributed by atoms with Crippen molar-refractivity contribution in [3.8, 4) is 11.5 Å². The molecule has 3 aromatic rings. The van der Waals surface area contributed by atoms with Crippen LogP contribution in [0.15, 0.2) is 59.8 Å². The summed E-state index contributed by atoms with van der Waals surface area (Å²) in [6.07, 6.45) is 3.66. The highest BCUT2D eigenvalue weighted by molar-refractivity contribution is 8.01. The number of hydrogen-bond acceptors (Lipinski definition) is 7. The monoisotopic (exact) mass is 558 g/mol. The number of primary amides is 1. The van der Waals surface area contributed by atoms with Crippen molar-refractivity contribution < 1.29 is 19.1 Å². The minimum atomic E-state index is -0.578. The number of rotatable bonds is 6. The number of pyridine rings is 1. The van der Waals surface area contributed by atoms with E-state index in [0.29, 0.717) is 22.9 Å². The molecular formula is C29H30N6O4S. The molecule has 4 heterocycles. The summed E-state index contributed by atoms with van der Waals surface area (Å²) >= 11 is 1.40. The summed E-state index contributed by atoms with van der Waals surface area (Å²) in [5, 5.41) is 6.52. The number of aromatic nitrogens is 1. The highest BCUT2D eigenvalue weighted by Gasteiger charge is 2.47. The predicted octanol–water partition coefficient (Wildman–Crippen LogP) is 3.87. The average Bonchev–Trinajstić information content (AvgIpc) is 3.29. The van der Waals surface area contributed by atoms with Crippen molar-refractivity contribution in [2.24, 2.45) is 5.73 Å². The van der Waals surface area contributed by atoms with Crippen molar-refractivity contribution in [1.82, 2.24) is 20.5 Å². The second-order valence-corrected chi connectivity index (χ2v) is 11.5. The Kier molecular flexibility index (Phi) is 6.85. The van der Waals surface area contributed by atoms with Gasteiger partial charge >= 0.3 is 6.03 Å². The molecule has 40 heavy (non-hydrogen) atoms. The van der Waals surface area contributed by atoms with E-state index in [2.05, 4.69) is 27.6 Å². The van der Waals surface area contributed by atoms with Crippen LogP contribution in [0.3, 0.4) is 0 Å². The van der Waals surface area contributed by atoms with Gasteiger partial charge in [-0.2, -0.15) is 0 Å². The van der Waals surface area contributed by atoms with Crippen LogP contribution in [0.25, 0.3) is 0 Å². The maximum atomic E-state index is 13.6. The van der Waals surface area contributed by atoms with Gasteiger partial charge in [0.05, 0.1) is 23.0 Å². The number of benzene rings is 2. The van der Waals surface area contributed by atoms with Crippen LogP contribution in [0.2, 0.25) is 0 Å². The standard InChI is InChI=1S/C29H30N6O4S/c1-16-14-18(39-22-8-4-3-7-19(22)26(30)36)9-10-20(16)35-21-11-12-31-28-23(21)24(33-29(35)38)25(40-28)27(37)32-17-6-5-13-34(2)15-17/h3-4,7-12,14,17,24-25H,5-6,13,15H2,1-2H3,(H2,30,36)(H,32,37)(H,33,38)/t17?,24?,25-/m1/s1. The van der Waals surface area contributed by atoms with E-state index in [4.69, 9.17) is 10.5 Å². The first kappa shape index (κ1) is 26.1. The average molecular weight is 559 g/mol. The number of piperidine rings is 1. The molecule has 0 radical (unpaired) electrons. The van der Waals surface area contributed by atoms with Crippen molar-refractivity contribution in [1.29, 1.82) is 0 Å². The number of nitrogens with zero attached hydrogens (tertiary/aromatic N) is 3. The Labute approximate surface area is 236 Å². The van der Waals surface area contributed by atoms with Crippen molar-refractivity contribution in [2.45, 2.75) is 42.1 Å². The SMILES string of the molecule is Cc1cc(Oc2ccccc2C(N)=O)ccc1N1C(=O)NC2c3c1ccnc3S[C@H]2C(=O)NC1CCCN(C)C1. The first-order valence-corrected chi connectivity index (χ1v) is 14.1. The molecular weight excluding hydrogens is 528 g/mol. The molecule has 1 aromatic heterocycles. The molecule has 4 amide bonds. The zero-order chi connectivity index (χ0) is 28.0. The number of likely N-dealkylation sites (N-methyl/N-ethyl adjacent to an activating group) is 1. The number of thioether (sulfide) groups is 1. The quantitative estimate of drug-likeness (QED) is 0.419. The van der Waals surface area contributed by atoms with Gasteiger partial charge in [-0.15, -0.1) is 0 Å². The molecule has 2 unspecified atom stereocenters. The van der Waals surface area contributed by atoms with Gasteiger partial charge in [0.25, 0.3) is 5.91 Å². The topological polar surface area (TPSA) is 130 Å². The molecule has 4 N–H and O–H groups in total. The summed E-state index contributed by atoms with van der Waals surface area (Å²) in [6, 6.07) is 13.2. The Hall–Kier alpha value is -4.09. The van der Waals surface area contributed by atoms with Gasteiger partial charge < -0.3 is 26.0 Å². The van der Waals surface area contributed by atoms with Crippen molar-refractivity contribution in [2.75, 3.05) is 25.0 Å². The Bertz CT molecular complexity index is 1510. The lowest BCUT2D eigenvalue weighted by atomic mass is 9.98. The van der Waals surface area contributed by atoms with Gasteiger partial charge in [0.1, 0.15) is 21.8 Å². The zero-order valence-corrected chi connectivity index (χ0v) is 23.0. The lowest BCUT2D eigenvalue weighted by molar-refractivity contribution is -0.122. The van der Waals surface area contributed by atoms with Crippen LogP contribution in [0, 0.1) is 6.92 Å². The number of likely N-dealkylation sites (tertiary alicyclic amines) is 1. The van der Waals surface area contributed by atoms with Crippen molar-refractivity contribution in [3.05, 3.63) is 71.4 Å². The van der Waals surface area contributed by atoms with Crippen molar-refractivity contribution in [3.63, 3.8) is 0 Å². The van der Waals surface area contributed by atoms with Crippen LogP contribution in [-0.4, -0.2) is 59.2 Å². The maximum absolute atomic E-state index is 13.6. The molecule has 3 aliphatic rings. The van der Waals surface area contributed by atoms with E-state index in [9.17, 15) is 14.4 Å². The minimum Gasteiger partial charge on any atom is -0.457 e. The fraction of sp³-hybridized carbons (Fsp3) is 0.310. The molecule has 10 nitrogen and oxygen atoms in total. The third-order valence-electron chi connectivity index (χ3n) is 7.52. The van der Waals surface area contributed by atoms with Gasteiger partial charge in [0, 0.05) is 24.3 Å². The van der Waals surface area contributed by atoms with E-state index in [1.807, 2.05) is 13.0 Å². The fourth-order valence-electron chi connectivity index (χ4n) is 5.66. The van der Waals surface area contributed by atoms with E-state index in [-0.39, 0.29) is 23.5 Å². The van der Waals surface area contributed by atoms with Crippen LogP contribution >= 0.6 is 11.8 Å². The van der Waals surface area contributed by atoms with E-state index >= 15 is 0 Å². The summed E-state index contributed by atoms with van der Waals surface area (Å²) in [4.78, 5) is 47.1. The van der Waals surface area contributed by atoms with Gasteiger partial charge in [-0.05, 0) is 75.3 Å². The first-order chi connectivity index (χ1) is 19.3. The lowest BCUT2D eigenvalue weighted by Gasteiger charge is -2.35. The van der Waals surface area contributed by atoms with Crippen LogP contribution in [0.4, 0.5) is 16.2 Å². The molecule has 3 aliphatic heterocycles. The summed E-state index contributed by atoms with van der Waals surface area (Å²) < 4.78 is 5.97.